The predicted octanol–water partition coefficient (Wildman–Crippen LogP) is 3.27. The van der Waals surface area contributed by atoms with Crippen LogP contribution in [0, 0.1) is 0 Å². The van der Waals surface area contributed by atoms with Crippen LogP contribution in [0.2, 0.25) is 0 Å². The fourth-order valence-corrected chi connectivity index (χ4v) is 5.44. The van der Waals surface area contributed by atoms with Gasteiger partial charge in [-0.2, -0.15) is 0 Å². The summed E-state index contributed by atoms with van der Waals surface area (Å²) < 4.78 is 21.1. The molecular weight excluding hydrogens is 558 g/mol. The first-order valence-electron chi connectivity index (χ1n) is 16.1. The van der Waals surface area contributed by atoms with Crippen molar-refractivity contribution in [2.45, 2.75) is 38.1 Å². The quantitative estimate of drug-likeness (QED) is 0.0905. The number of benzene rings is 4. The minimum atomic E-state index is -0.448. The molecule has 6 N–H and O–H groups in total. The monoisotopic (exact) mass is 606 g/mol. The van der Waals surface area contributed by atoms with Gasteiger partial charge in [0.15, 0.2) is 0 Å². The maximum absolute atomic E-state index is 7.38. The SMILES string of the molecule is CC(CNCCN)OB(c1ccccc1)C(OC(B(OC(C)CNCCN)c1ccccc1)c1ccccc1)c1ccccc1. The zero-order valence-electron chi connectivity index (χ0n) is 26.6. The number of hydrogen-bond donors (Lipinski definition) is 4. The molecule has 0 fully saturated rings. The fraction of sp³-hybridized carbons (Fsp3) is 0.333. The van der Waals surface area contributed by atoms with Crippen LogP contribution in [0.15, 0.2) is 121 Å². The third kappa shape index (κ3) is 10.9. The van der Waals surface area contributed by atoms with Gasteiger partial charge < -0.3 is 36.1 Å². The van der Waals surface area contributed by atoms with Crippen molar-refractivity contribution in [1.29, 1.82) is 0 Å². The van der Waals surface area contributed by atoms with Gasteiger partial charge in [0.2, 0.25) is 0 Å². The minimum Gasteiger partial charge on any atom is -0.425 e. The average Bonchev–Trinajstić information content (AvgIpc) is 3.09. The largest absolute Gasteiger partial charge is 0.425 e. The highest BCUT2D eigenvalue weighted by atomic mass is 16.5. The van der Waals surface area contributed by atoms with E-state index in [4.69, 9.17) is 25.5 Å². The van der Waals surface area contributed by atoms with Crippen molar-refractivity contribution in [3.63, 3.8) is 0 Å². The topological polar surface area (TPSA) is 104 Å². The van der Waals surface area contributed by atoms with Crippen LogP contribution in [-0.2, 0) is 14.0 Å². The maximum Gasteiger partial charge on any atom is 0.361 e. The van der Waals surface area contributed by atoms with E-state index in [-0.39, 0.29) is 12.2 Å². The van der Waals surface area contributed by atoms with Gasteiger partial charge in [-0.3, -0.25) is 0 Å². The van der Waals surface area contributed by atoms with Crippen LogP contribution in [0.1, 0.15) is 37.0 Å². The Hall–Kier alpha value is -3.27. The lowest BCUT2D eigenvalue weighted by Crippen LogP contribution is -2.49. The molecule has 0 bridgehead atoms. The first kappa shape index (κ1) is 34.6. The summed E-state index contributed by atoms with van der Waals surface area (Å²) in [6.07, 6.45) is -0.192. The second-order valence-corrected chi connectivity index (χ2v) is 11.3. The highest BCUT2D eigenvalue weighted by Gasteiger charge is 2.41. The molecule has 4 rings (SSSR count). The molecule has 236 valence electrons. The molecule has 0 aliphatic heterocycles. The molecule has 9 heteroatoms. The van der Waals surface area contributed by atoms with Gasteiger partial charge in [-0.05, 0) is 35.9 Å². The smallest absolute Gasteiger partial charge is 0.361 e. The number of nitrogens with one attached hydrogen (secondary N) is 2. The molecule has 0 heterocycles. The molecule has 4 atom stereocenters. The van der Waals surface area contributed by atoms with Crippen molar-refractivity contribution in [1.82, 2.24) is 10.6 Å². The molecular formula is C36H48B2N4O3. The molecule has 0 radical (unpaired) electrons. The molecule has 0 aliphatic carbocycles. The van der Waals surface area contributed by atoms with E-state index in [1.165, 1.54) is 0 Å². The molecule has 0 spiro atoms. The molecule has 0 aliphatic rings. The highest BCUT2D eigenvalue weighted by Crippen LogP contribution is 2.32. The molecule has 7 nitrogen and oxygen atoms in total. The molecule has 0 saturated carbocycles. The van der Waals surface area contributed by atoms with Crippen LogP contribution in [-0.4, -0.2) is 65.3 Å². The van der Waals surface area contributed by atoms with Crippen LogP contribution < -0.4 is 33.0 Å². The second-order valence-electron chi connectivity index (χ2n) is 11.3. The predicted molar refractivity (Wildman–Crippen MR) is 188 cm³/mol. The first-order chi connectivity index (χ1) is 22.1. The zero-order valence-corrected chi connectivity index (χ0v) is 26.6. The minimum absolute atomic E-state index is 0.0958. The van der Waals surface area contributed by atoms with Crippen molar-refractivity contribution >= 4 is 24.8 Å². The number of nitrogens with two attached hydrogens (primary N) is 2. The summed E-state index contributed by atoms with van der Waals surface area (Å²) in [6, 6.07) is 40.5. The highest BCUT2D eigenvalue weighted by molar-refractivity contribution is 6.70. The lowest BCUT2D eigenvalue weighted by molar-refractivity contribution is 0.0422. The molecule has 45 heavy (non-hydrogen) atoms. The Labute approximate surface area is 270 Å². The van der Waals surface area contributed by atoms with Crippen LogP contribution in [0.4, 0.5) is 0 Å². The van der Waals surface area contributed by atoms with E-state index in [0.29, 0.717) is 26.2 Å². The zero-order chi connectivity index (χ0) is 31.7. The van der Waals surface area contributed by atoms with Crippen LogP contribution >= 0.6 is 0 Å². The first-order valence-corrected chi connectivity index (χ1v) is 16.1. The van der Waals surface area contributed by atoms with Crippen molar-refractivity contribution in [3.8, 4) is 0 Å². The number of rotatable bonds is 20. The average molecular weight is 606 g/mol. The Kier molecular flexibility index (Phi) is 14.8. The Balaban J connectivity index is 1.78. The van der Waals surface area contributed by atoms with E-state index in [9.17, 15) is 0 Å². The van der Waals surface area contributed by atoms with Gasteiger partial charge in [-0.1, -0.05) is 121 Å². The molecule has 4 aromatic carbocycles. The number of hydrogen-bond acceptors (Lipinski definition) is 7. The van der Waals surface area contributed by atoms with Crippen molar-refractivity contribution in [2.24, 2.45) is 11.5 Å². The summed E-state index contributed by atoms with van der Waals surface area (Å²) in [5.41, 5.74) is 15.6. The lowest BCUT2D eigenvalue weighted by atomic mass is 9.51. The van der Waals surface area contributed by atoms with Gasteiger partial charge >= 0.3 is 13.8 Å². The second kappa shape index (κ2) is 19.3. The molecule has 4 aromatic rings. The van der Waals surface area contributed by atoms with Gasteiger partial charge in [0.1, 0.15) is 0 Å². The normalized spacial score (nSPS) is 14.0. The Morgan fingerprint density at radius 2 is 0.867 bits per heavy atom. The van der Waals surface area contributed by atoms with E-state index in [2.05, 4.69) is 73.0 Å². The fourth-order valence-electron chi connectivity index (χ4n) is 5.44. The van der Waals surface area contributed by atoms with Gasteiger partial charge in [-0.15, -0.1) is 0 Å². The van der Waals surface area contributed by atoms with E-state index in [1.54, 1.807) is 0 Å². The molecule has 0 aromatic heterocycles. The maximum atomic E-state index is 7.38. The van der Waals surface area contributed by atoms with Gasteiger partial charge in [-0.25, -0.2) is 0 Å². The number of ether oxygens (including phenoxy) is 1. The van der Waals surface area contributed by atoms with Crippen LogP contribution in [0.25, 0.3) is 0 Å². The van der Waals surface area contributed by atoms with Gasteiger partial charge in [0, 0.05) is 39.3 Å². The summed E-state index contributed by atoms with van der Waals surface area (Å²) in [6.45, 7) is 7.34. The summed E-state index contributed by atoms with van der Waals surface area (Å²) >= 11 is 0. The van der Waals surface area contributed by atoms with Crippen molar-refractivity contribution < 1.29 is 14.0 Å². The third-order valence-electron chi connectivity index (χ3n) is 7.62. The van der Waals surface area contributed by atoms with E-state index >= 15 is 0 Å². The Bertz CT molecular complexity index is 1220. The lowest BCUT2D eigenvalue weighted by Gasteiger charge is -2.34. The van der Waals surface area contributed by atoms with Crippen LogP contribution in [0.3, 0.4) is 0 Å². The molecule has 0 saturated heterocycles. The van der Waals surface area contributed by atoms with E-state index in [0.717, 1.165) is 35.1 Å². The van der Waals surface area contributed by atoms with Crippen LogP contribution in [0.5, 0.6) is 0 Å². The third-order valence-corrected chi connectivity index (χ3v) is 7.62. The van der Waals surface area contributed by atoms with E-state index < -0.39 is 25.8 Å². The molecule has 4 unspecified atom stereocenters. The summed E-state index contributed by atoms with van der Waals surface area (Å²) in [7, 11) is 0. The Morgan fingerprint density at radius 1 is 0.533 bits per heavy atom. The van der Waals surface area contributed by atoms with Gasteiger partial charge in [0.25, 0.3) is 0 Å². The summed E-state index contributed by atoms with van der Waals surface area (Å²) in [5.74, 6) is 0. The molecule has 0 amide bonds. The van der Waals surface area contributed by atoms with Crippen molar-refractivity contribution in [2.75, 3.05) is 39.3 Å². The van der Waals surface area contributed by atoms with Crippen molar-refractivity contribution in [3.05, 3.63) is 132 Å². The Morgan fingerprint density at radius 3 is 1.20 bits per heavy atom. The summed E-state index contributed by atoms with van der Waals surface area (Å²) in [5, 5.41) is 6.79. The van der Waals surface area contributed by atoms with Gasteiger partial charge in [0.05, 0.1) is 24.2 Å². The standard InChI is InChI=1S/C36H48B2N4O3/c1-29(27-41-25-23-39)44-37(33-19-11-5-12-20-33)35(31-15-7-3-8-16-31)43-36(32-17-9-4-10-18-32)38(34-21-13-6-14-22-34)45-30(2)28-42-26-24-40/h3-22,29-30,35-36,41-42H,23-28,39-40H2,1-2H3. The van der Waals surface area contributed by atoms with E-state index in [1.807, 2.05) is 72.8 Å². The summed E-state index contributed by atoms with van der Waals surface area (Å²) in [4.78, 5) is 0.